The fourth-order valence-corrected chi connectivity index (χ4v) is 4.36. The number of carboxylic acids is 1. The predicted octanol–water partition coefficient (Wildman–Crippen LogP) is 1.86. The molecule has 2 aliphatic heterocycles. The molecule has 28 heavy (non-hydrogen) atoms. The Kier molecular flexibility index (Phi) is 4.50. The summed E-state index contributed by atoms with van der Waals surface area (Å²) >= 11 is 0. The first-order valence-electron chi connectivity index (χ1n) is 9.11. The number of fused-ring (bicyclic) bond motifs is 1. The van der Waals surface area contributed by atoms with Crippen LogP contribution in [0.3, 0.4) is 0 Å². The summed E-state index contributed by atoms with van der Waals surface area (Å²) in [6.45, 7) is 5.87. The monoisotopic (exact) mass is 384 g/mol. The van der Waals surface area contributed by atoms with E-state index in [9.17, 15) is 19.1 Å². The fourth-order valence-electron chi connectivity index (χ4n) is 4.36. The number of nitrogens with one attached hydrogen (secondary N) is 1. The number of hydrogen-bond donors (Lipinski definition) is 2. The van der Waals surface area contributed by atoms with E-state index in [-0.39, 0.29) is 24.1 Å². The number of carbonyl (C=O) groups excluding carboxylic acids is 1. The van der Waals surface area contributed by atoms with Crippen LogP contribution < -0.4 is 0 Å². The Morgan fingerprint density at radius 2 is 2.14 bits per heavy atom. The van der Waals surface area contributed by atoms with Gasteiger partial charge in [0.15, 0.2) is 0 Å². The number of hydrogen-bond acceptors (Lipinski definition) is 4. The second-order valence-electron chi connectivity index (χ2n) is 7.47. The standard InChI is InChI=1S/C20H21FN4O3/c1-2-7-24-9-13-10-25(12-20(13,11-24)19(27)28)18(26)17-8-16(22-23-17)14-5-3-4-6-15(14)21/h2-6,8,13H,1,7,9-12H2,(H,22,23)(H,27,28)/t13-,20-/m1/s1. The first-order chi connectivity index (χ1) is 13.4. The van der Waals surface area contributed by atoms with Gasteiger partial charge >= 0.3 is 5.97 Å². The Labute approximate surface area is 161 Å². The molecule has 3 heterocycles. The molecule has 8 heteroatoms. The molecule has 0 radical (unpaired) electrons. The molecule has 146 valence electrons. The summed E-state index contributed by atoms with van der Waals surface area (Å²) < 4.78 is 14.0. The number of carbonyl (C=O) groups is 2. The average molecular weight is 384 g/mol. The third-order valence-corrected chi connectivity index (χ3v) is 5.74. The SMILES string of the molecule is C=CCN1C[C@@H]2CN(C(=O)c3cc(-c4ccccc4F)n[nH]3)C[C@]2(C(=O)O)C1. The minimum absolute atomic E-state index is 0.136. The van der Waals surface area contributed by atoms with Crippen molar-refractivity contribution in [3.8, 4) is 11.3 Å². The lowest BCUT2D eigenvalue weighted by atomic mass is 9.81. The number of benzene rings is 1. The molecule has 0 bridgehead atoms. The van der Waals surface area contributed by atoms with Gasteiger partial charge in [-0.3, -0.25) is 19.6 Å². The number of halogens is 1. The van der Waals surface area contributed by atoms with E-state index in [4.69, 9.17) is 0 Å². The number of aromatic nitrogens is 2. The zero-order valence-corrected chi connectivity index (χ0v) is 15.3. The molecule has 0 aliphatic carbocycles. The Morgan fingerprint density at radius 3 is 2.82 bits per heavy atom. The quantitative estimate of drug-likeness (QED) is 0.768. The van der Waals surface area contributed by atoms with Crippen molar-refractivity contribution >= 4 is 11.9 Å². The number of rotatable bonds is 5. The van der Waals surface area contributed by atoms with E-state index in [1.807, 2.05) is 0 Å². The number of nitrogens with zero attached hydrogens (tertiary/aromatic N) is 3. The molecule has 2 fully saturated rings. The Hall–Kier alpha value is -3.00. The highest BCUT2D eigenvalue weighted by atomic mass is 19.1. The highest BCUT2D eigenvalue weighted by Crippen LogP contribution is 2.43. The number of likely N-dealkylation sites (tertiary alicyclic amines) is 2. The number of aromatic amines is 1. The van der Waals surface area contributed by atoms with Crippen LogP contribution in [0.15, 0.2) is 43.0 Å². The molecule has 2 atom stereocenters. The normalized spacial score (nSPS) is 24.3. The maximum Gasteiger partial charge on any atom is 0.313 e. The van der Waals surface area contributed by atoms with Crippen molar-refractivity contribution < 1.29 is 19.1 Å². The van der Waals surface area contributed by atoms with E-state index in [1.165, 1.54) is 12.1 Å². The maximum atomic E-state index is 14.0. The van der Waals surface area contributed by atoms with Gasteiger partial charge in [0.1, 0.15) is 16.9 Å². The first kappa shape index (κ1) is 18.4. The summed E-state index contributed by atoms with van der Waals surface area (Å²) in [5.74, 6) is -1.75. The molecule has 0 saturated carbocycles. The van der Waals surface area contributed by atoms with Crippen LogP contribution in [0.2, 0.25) is 0 Å². The van der Waals surface area contributed by atoms with Crippen LogP contribution in [0.1, 0.15) is 10.5 Å². The number of aliphatic carboxylic acids is 1. The average Bonchev–Trinajstić information content (AvgIpc) is 3.34. The lowest BCUT2D eigenvalue weighted by Crippen LogP contribution is -2.42. The molecule has 7 nitrogen and oxygen atoms in total. The number of carboxylic acid groups (broad SMARTS) is 1. The summed E-state index contributed by atoms with van der Waals surface area (Å²) in [5, 5.41) is 16.6. The van der Waals surface area contributed by atoms with E-state index < -0.39 is 17.2 Å². The number of amides is 1. The van der Waals surface area contributed by atoms with Crippen molar-refractivity contribution in [2.75, 3.05) is 32.7 Å². The van der Waals surface area contributed by atoms with Gasteiger partial charge in [-0.15, -0.1) is 6.58 Å². The maximum absolute atomic E-state index is 14.0. The zero-order chi connectivity index (χ0) is 19.9. The van der Waals surface area contributed by atoms with Gasteiger partial charge in [-0.1, -0.05) is 18.2 Å². The van der Waals surface area contributed by atoms with Gasteiger partial charge in [-0.2, -0.15) is 5.10 Å². The second-order valence-corrected chi connectivity index (χ2v) is 7.47. The summed E-state index contributed by atoms with van der Waals surface area (Å²) in [6, 6.07) is 7.71. The van der Waals surface area contributed by atoms with E-state index >= 15 is 0 Å². The summed E-state index contributed by atoms with van der Waals surface area (Å²) in [7, 11) is 0. The van der Waals surface area contributed by atoms with Crippen LogP contribution in [-0.2, 0) is 4.79 Å². The van der Waals surface area contributed by atoms with Crippen LogP contribution in [0.25, 0.3) is 11.3 Å². The minimum atomic E-state index is -0.965. The molecule has 0 spiro atoms. The molecule has 1 aromatic carbocycles. The van der Waals surface area contributed by atoms with Gasteiger partial charge < -0.3 is 10.0 Å². The molecular formula is C20H21FN4O3. The smallest absolute Gasteiger partial charge is 0.313 e. The molecule has 1 aromatic heterocycles. The van der Waals surface area contributed by atoms with Crippen LogP contribution in [0.5, 0.6) is 0 Å². The third kappa shape index (κ3) is 2.90. The highest BCUT2D eigenvalue weighted by molar-refractivity contribution is 5.94. The zero-order valence-electron chi connectivity index (χ0n) is 15.3. The van der Waals surface area contributed by atoms with Crippen molar-refractivity contribution in [1.29, 1.82) is 0 Å². The molecule has 2 aliphatic rings. The fraction of sp³-hybridized carbons (Fsp3) is 0.350. The Bertz CT molecular complexity index is 943. The van der Waals surface area contributed by atoms with Gasteiger partial charge in [0.25, 0.3) is 5.91 Å². The minimum Gasteiger partial charge on any atom is -0.481 e. The van der Waals surface area contributed by atoms with Gasteiger partial charge in [0.05, 0.1) is 5.69 Å². The lowest BCUT2D eigenvalue weighted by molar-refractivity contribution is -0.148. The molecule has 1 amide bonds. The van der Waals surface area contributed by atoms with Gasteiger partial charge in [-0.05, 0) is 18.2 Å². The van der Waals surface area contributed by atoms with Crippen LogP contribution >= 0.6 is 0 Å². The molecule has 4 rings (SSSR count). The van der Waals surface area contributed by atoms with Crippen LogP contribution in [0, 0.1) is 17.2 Å². The van der Waals surface area contributed by atoms with Gasteiger partial charge in [-0.25, -0.2) is 4.39 Å². The first-order valence-corrected chi connectivity index (χ1v) is 9.11. The van der Waals surface area contributed by atoms with Crippen molar-refractivity contribution in [2.24, 2.45) is 11.3 Å². The van der Waals surface area contributed by atoms with Gasteiger partial charge in [0, 0.05) is 44.2 Å². The van der Waals surface area contributed by atoms with E-state index in [1.54, 1.807) is 29.2 Å². The van der Waals surface area contributed by atoms with Crippen molar-refractivity contribution in [3.63, 3.8) is 0 Å². The third-order valence-electron chi connectivity index (χ3n) is 5.74. The molecule has 0 unspecified atom stereocenters. The predicted molar refractivity (Wildman–Crippen MR) is 100 cm³/mol. The summed E-state index contributed by atoms with van der Waals surface area (Å²) in [6.07, 6.45) is 1.76. The van der Waals surface area contributed by atoms with Crippen LogP contribution in [0.4, 0.5) is 4.39 Å². The van der Waals surface area contributed by atoms with Gasteiger partial charge in [0.2, 0.25) is 0 Å². The van der Waals surface area contributed by atoms with E-state index in [2.05, 4.69) is 21.7 Å². The Balaban J connectivity index is 1.54. The molecular weight excluding hydrogens is 363 g/mol. The van der Waals surface area contributed by atoms with E-state index in [0.717, 1.165) is 0 Å². The molecule has 2 saturated heterocycles. The van der Waals surface area contributed by atoms with Crippen LogP contribution in [-0.4, -0.2) is 69.7 Å². The molecule has 2 aromatic rings. The van der Waals surface area contributed by atoms with Crippen molar-refractivity contribution in [3.05, 3.63) is 54.5 Å². The van der Waals surface area contributed by atoms with Crippen molar-refractivity contribution in [2.45, 2.75) is 0 Å². The topological polar surface area (TPSA) is 89.5 Å². The lowest BCUT2D eigenvalue weighted by Gasteiger charge is -2.24. The second kappa shape index (κ2) is 6.87. The largest absolute Gasteiger partial charge is 0.481 e. The number of H-pyrrole nitrogens is 1. The highest BCUT2D eigenvalue weighted by Gasteiger charge is 2.58. The summed E-state index contributed by atoms with van der Waals surface area (Å²) in [5.41, 5.74) is -0.0987. The van der Waals surface area contributed by atoms with E-state index in [0.29, 0.717) is 37.4 Å². The molecule has 2 N–H and O–H groups in total. The van der Waals surface area contributed by atoms with Crippen molar-refractivity contribution in [1.82, 2.24) is 20.0 Å². The Morgan fingerprint density at radius 1 is 1.36 bits per heavy atom. The summed E-state index contributed by atoms with van der Waals surface area (Å²) in [4.78, 5) is 28.6.